The molecule has 194 valence electrons. The highest BCUT2D eigenvalue weighted by Gasteiger charge is 2.39. The first kappa shape index (κ1) is 24.8. The first-order valence-electron chi connectivity index (χ1n) is 12.9. The largest absolute Gasteiger partial charge is 0.454 e. The maximum Gasteiger partial charge on any atom is 0.272 e. The van der Waals surface area contributed by atoms with Gasteiger partial charge >= 0.3 is 0 Å². The van der Waals surface area contributed by atoms with Crippen molar-refractivity contribution in [3.63, 3.8) is 0 Å². The first-order valence-corrected chi connectivity index (χ1v) is 12.9. The van der Waals surface area contributed by atoms with Crippen LogP contribution < -0.4 is 0 Å². The second-order valence-electron chi connectivity index (χ2n) is 9.60. The summed E-state index contributed by atoms with van der Waals surface area (Å²) in [5.41, 5.74) is 4.01. The molecule has 1 unspecified atom stereocenters. The third kappa shape index (κ3) is 4.22. The molecule has 1 aliphatic rings. The van der Waals surface area contributed by atoms with Crippen molar-refractivity contribution in [1.82, 2.24) is 14.7 Å². The molecule has 0 fully saturated rings. The molecule has 2 aromatic heterocycles. The van der Waals surface area contributed by atoms with Crippen molar-refractivity contribution in [3.05, 3.63) is 125 Å². The maximum absolute atomic E-state index is 13.9. The lowest BCUT2D eigenvalue weighted by molar-refractivity contribution is -0.143. The van der Waals surface area contributed by atoms with E-state index in [2.05, 4.69) is 0 Å². The van der Waals surface area contributed by atoms with Crippen LogP contribution >= 0.6 is 0 Å². The molecule has 40 heavy (non-hydrogen) atoms. The first-order chi connectivity index (χ1) is 19.5. The van der Waals surface area contributed by atoms with Gasteiger partial charge < -0.3 is 4.42 Å². The highest BCUT2D eigenvalue weighted by Crippen LogP contribution is 2.36. The molecule has 0 radical (unpaired) electrons. The van der Waals surface area contributed by atoms with Gasteiger partial charge in [-0.3, -0.25) is 14.5 Å². The van der Waals surface area contributed by atoms with Crippen LogP contribution in [0.5, 0.6) is 0 Å². The van der Waals surface area contributed by atoms with Crippen LogP contribution in [0.1, 0.15) is 31.0 Å². The van der Waals surface area contributed by atoms with E-state index >= 15 is 0 Å². The van der Waals surface area contributed by atoms with Crippen molar-refractivity contribution >= 4 is 28.9 Å². The Bertz CT molecular complexity index is 1840. The van der Waals surface area contributed by atoms with Gasteiger partial charge in [-0.2, -0.15) is 10.4 Å². The van der Waals surface area contributed by atoms with Gasteiger partial charge in [-0.1, -0.05) is 66.7 Å². The molecular weight excluding hydrogens is 500 g/mol. The highest BCUT2D eigenvalue weighted by atomic mass is 16.3. The van der Waals surface area contributed by atoms with Crippen molar-refractivity contribution in [1.29, 1.82) is 5.26 Å². The number of benzene rings is 3. The quantitative estimate of drug-likeness (QED) is 0.190. The topological polar surface area (TPSA) is 92.1 Å². The van der Waals surface area contributed by atoms with E-state index in [1.165, 1.54) is 0 Å². The Morgan fingerprint density at radius 2 is 1.60 bits per heavy atom. The minimum atomic E-state index is -0.601. The molecule has 0 saturated heterocycles. The minimum absolute atomic E-state index is 0.0608. The Morgan fingerprint density at radius 1 is 0.925 bits per heavy atom. The van der Waals surface area contributed by atoms with Gasteiger partial charge in [0.15, 0.2) is 5.76 Å². The molecule has 0 aliphatic carbocycles. The van der Waals surface area contributed by atoms with E-state index in [-0.39, 0.29) is 11.1 Å². The lowest BCUT2D eigenvalue weighted by atomic mass is 9.91. The number of furan rings is 1. The number of amides is 2. The molecule has 3 aromatic carbocycles. The van der Waals surface area contributed by atoms with E-state index in [4.69, 9.17) is 9.52 Å². The number of hydrogen-bond donors (Lipinski definition) is 0. The predicted octanol–water partition coefficient (Wildman–Crippen LogP) is 6.64. The van der Waals surface area contributed by atoms with E-state index in [9.17, 15) is 14.9 Å². The van der Waals surface area contributed by atoms with Crippen LogP contribution in [0.25, 0.3) is 34.2 Å². The van der Waals surface area contributed by atoms with Gasteiger partial charge in [0.2, 0.25) is 0 Å². The van der Waals surface area contributed by atoms with Crippen LogP contribution in [0, 0.1) is 11.3 Å². The number of rotatable bonds is 5. The summed E-state index contributed by atoms with van der Waals surface area (Å²) in [5.74, 6) is -0.532. The van der Waals surface area contributed by atoms with Gasteiger partial charge in [-0.15, -0.1) is 0 Å². The molecule has 1 aliphatic heterocycles. The SMILES string of the molecule is CC1=C(C#N)C(=O)N(C(C)c2ccccc2)C(=O)/C1=C/c1cn(-c2ccccc2)nc1-c1cc2ccccc2o1. The molecule has 0 N–H and O–H groups in total. The summed E-state index contributed by atoms with van der Waals surface area (Å²) in [6, 6.07) is 30.0. The third-order valence-corrected chi connectivity index (χ3v) is 7.16. The molecule has 7 heteroatoms. The zero-order chi connectivity index (χ0) is 27.8. The van der Waals surface area contributed by atoms with Crippen molar-refractivity contribution in [2.75, 3.05) is 0 Å². The normalized spacial score (nSPS) is 15.6. The molecule has 0 bridgehead atoms. The predicted molar refractivity (Wildman–Crippen MR) is 152 cm³/mol. The summed E-state index contributed by atoms with van der Waals surface area (Å²) in [6.45, 7) is 3.42. The average molecular weight is 525 g/mol. The van der Waals surface area contributed by atoms with Crippen LogP contribution in [0.15, 0.2) is 118 Å². The summed E-state index contributed by atoms with van der Waals surface area (Å²) in [4.78, 5) is 28.4. The molecule has 5 aromatic rings. The number of aromatic nitrogens is 2. The Labute approximate surface area is 230 Å². The van der Waals surface area contributed by atoms with Crippen LogP contribution in [-0.2, 0) is 9.59 Å². The highest BCUT2D eigenvalue weighted by molar-refractivity contribution is 6.20. The fraction of sp³-hybridized carbons (Fsp3) is 0.0909. The second kappa shape index (κ2) is 10.0. The molecule has 7 nitrogen and oxygen atoms in total. The number of para-hydroxylation sites is 2. The van der Waals surface area contributed by atoms with Crippen molar-refractivity contribution in [3.8, 4) is 23.2 Å². The van der Waals surface area contributed by atoms with Crippen LogP contribution in [0.2, 0.25) is 0 Å². The third-order valence-electron chi connectivity index (χ3n) is 7.16. The van der Waals surface area contributed by atoms with E-state index in [1.54, 1.807) is 24.6 Å². The molecule has 1 atom stereocenters. The summed E-state index contributed by atoms with van der Waals surface area (Å²) < 4.78 is 7.87. The summed E-state index contributed by atoms with van der Waals surface area (Å²) in [6.07, 6.45) is 3.51. The standard InChI is InChI=1S/C33H24N4O3/c1-21-27(32(38)37(33(39)28(21)19-34)22(2)23-11-5-3-6-12-23)17-25-20-36(26-14-7-4-8-15-26)35-31(25)30-18-24-13-9-10-16-29(24)40-30/h3-18,20,22H,1-2H3/b27-17+. The van der Waals surface area contributed by atoms with Gasteiger partial charge in [0.05, 0.1) is 11.7 Å². The number of imide groups is 1. The van der Waals surface area contributed by atoms with E-state index < -0.39 is 17.9 Å². The Kier molecular flexibility index (Phi) is 6.21. The average Bonchev–Trinajstić information content (AvgIpc) is 3.61. The summed E-state index contributed by atoms with van der Waals surface area (Å²) in [5, 5.41) is 15.7. The molecule has 0 spiro atoms. The Morgan fingerprint density at radius 3 is 2.30 bits per heavy atom. The zero-order valence-corrected chi connectivity index (χ0v) is 21.9. The second-order valence-corrected chi connectivity index (χ2v) is 9.60. The lowest BCUT2D eigenvalue weighted by Gasteiger charge is -2.32. The molecule has 3 heterocycles. The Balaban J connectivity index is 1.53. The molecule has 2 amide bonds. The fourth-order valence-electron chi connectivity index (χ4n) is 4.98. The van der Waals surface area contributed by atoms with Gasteiger partial charge in [0, 0.05) is 22.7 Å². The van der Waals surface area contributed by atoms with Crippen LogP contribution in [0.3, 0.4) is 0 Å². The summed E-state index contributed by atoms with van der Waals surface area (Å²) >= 11 is 0. The smallest absolute Gasteiger partial charge is 0.272 e. The van der Waals surface area contributed by atoms with Gasteiger partial charge in [0.25, 0.3) is 11.8 Å². The van der Waals surface area contributed by atoms with Gasteiger partial charge in [-0.25, -0.2) is 4.68 Å². The number of nitrogens with zero attached hydrogens (tertiary/aromatic N) is 4. The number of fused-ring (bicyclic) bond motifs is 1. The number of carbonyl (C=O) groups is 2. The summed E-state index contributed by atoms with van der Waals surface area (Å²) in [7, 11) is 0. The minimum Gasteiger partial charge on any atom is -0.454 e. The van der Waals surface area contributed by atoms with Crippen molar-refractivity contribution < 1.29 is 14.0 Å². The zero-order valence-electron chi connectivity index (χ0n) is 21.9. The van der Waals surface area contributed by atoms with E-state index in [0.29, 0.717) is 22.6 Å². The van der Waals surface area contributed by atoms with Crippen LogP contribution in [0.4, 0.5) is 0 Å². The number of hydrogen-bond acceptors (Lipinski definition) is 5. The van der Waals surface area contributed by atoms with Gasteiger partial charge in [0.1, 0.15) is 22.9 Å². The maximum atomic E-state index is 13.9. The number of carbonyl (C=O) groups excluding carboxylic acids is 2. The number of nitriles is 1. The molecular formula is C33H24N4O3. The van der Waals surface area contributed by atoms with Crippen molar-refractivity contribution in [2.24, 2.45) is 0 Å². The Hall–Kier alpha value is -5.48. The molecule has 0 saturated carbocycles. The fourth-order valence-corrected chi connectivity index (χ4v) is 4.98. The van der Waals surface area contributed by atoms with Gasteiger partial charge in [-0.05, 0) is 55.3 Å². The lowest BCUT2D eigenvalue weighted by Crippen LogP contribution is -2.44. The van der Waals surface area contributed by atoms with Crippen LogP contribution in [-0.4, -0.2) is 26.5 Å². The van der Waals surface area contributed by atoms with E-state index in [0.717, 1.165) is 27.1 Å². The van der Waals surface area contributed by atoms with E-state index in [1.807, 2.05) is 103 Å². The molecule has 6 rings (SSSR count). The van der Waals surface area contributed by atoms with Crippen molar-refractivity contribution in [2.45, 2.75) is 19.9 Å². The monoisotopic (exact) mass is 524 g/mol.